The monoisotopic (exact) mass is 368 g/mol. The summed E-state index contributed by atoms with van der Waals surface area (Å²) in [6, 6.07) is 5.23. The van der Waals surface area contributed by atoms with Crippen LogP contribution in [0.15, 0.2) is 18.2 Å². The highest BCUT2D eigenvalue weighted by Gasteiger charge is 2.16. The van der Waals surface area contributed by atoms with E-state index < -0.39 is 11.7 Å². The molecule has 0 saturated heterocycles. The number of benzene rings is 1. The molecule has 0 bridgehead atoms. The summed E-state index contributed by atoms with van der Waals surface area (Å²) < 4.78 is 5.03. The van der Waals surface area contributed by atoms with Gasteiger partial charge in [0.25, 0.3) is 0 Å². The Kier molecular flexibility index (Phi) is 14.2. The minimum absolute atomic E-state index is 0.0464. The van der Waals surface area contributed by atoms with E-state index in [2.05, 4.69) is 24.5 Å². The fraction of sp³-hybridized carbons (Fsp3) is 0.600. The number of anilines is 1. The second-order valence-corrected chi connectivity index (χ2v) is 6.42. The third-order valence-corrected chi connectivity index (χ3v) is 2.54. The molecule has 0 aromatic heterocycles. The highest BCUT2D eigenvalue weighted by Crippen LogP contribution is 2.16. The lowest BCUT2D eigenvalue weighted by atomic mass is 10.1. The van der Waals surface area contributed by atoms with Crippen LogP contribution >= 0.6 is 0 Å². The topological polar surface area (TPSA) is 87.7 Å². The van der Waals surface area contributed by atoms with E-state index >= 15 is 0 Å². The zero-order valence-corrected chi connectivity index (χ0v) is 17.5. The van der Waals surface area contributed by atoms with E-state index in [1.165, 1.54) is 6.42 Å². The minimum Gasteiger partial charge on any atom is -0.444 e. The van der Waals surface area contributed by atoms with Crippen LogP contribution in [0.1, 0.15) is 66.0 Å². The molecule has 1 aromatic rings. The van der Waals surface area contributed by atoms with E-state index in [1.807, 2.05) is 20.8 Å². The summed E-state index contributed by atoms with van der Waals surface area (Å²) in [5.41, 5.74) is 1.66. The summed E-state index contributed by atoms with van der Waals surface area (Å²) in [5, 5.41) is 14.1. The number of aliphatic hydroxyl groups excluding tert-OH is 1. The highest BCUT2D eigenvalue weighted by atomic mass is 16.6. The van der Waals surface area contributed by atoms with E-state index in [4.69, 9.17) is 9.84 Å². The van der Waals surface area contributed by atoms with Crippen LogP contribution in [0.3, 0.4) is 0 Å². The Morgan fingerprint density at radius 1 is 1.15 bits per heavy atom. The van der Waals surface area contributed by atoms with Gasteiger partial charge in [-0.25, -0.2) is 4.79 Å². The van der Waals surface area contributed by atoms with Gasteiger partial charge in [0.15, 0.2) is 0 Å². The van der Waals surface area contributed by atoms with Crippen molar-refractivity contribution in [1.29, 1.82) is 0 Å². The maximum absolute atomic E-state index is 11.8. The second kappa shape index (κ2) is 14.1. The average molecular weight is 369 g/mol. The van der Waals surface area contributed by atoms with Crippen LogP contribution in [0.2, 0.25) is 0 Å². The molecular weight excluding hydrogens is 332 g/mol. The quantitative estimate of drug-likeness (QED) is 0.735. The molecule has 0 aliphatic carbocycles. The molecule has 0 aliphatic rings. The molecule has 1 rings (SSSR count). The Hall–Kier alpha value is -2.08. The molecule has 6 heteroatoms. The third-order valence-electron chi connectivity index (χ3n) is 2.54. The van der Waals surface area contributed by atoms with Gasteiger partial charge in [-0.1, -0.05) is 46.2 Å². The summed E-state index contributed by atoms with van der Waals surface area (Å²) in [4.78, 5) is 23.2. The van der Waals surface area contributed by atoms with Gasteiger partial charge in [0.05, 0.1) is 6.61 Å². The van der Waals surface area contributed by atoms with Crippen molar-refractivity contribution < 1.29 is 19.4 Å². The summed E-state index contributed by atoms with van der Waals surface area (Å²) in [6.45, 7) is 15.1. The van der Waals surface area contributed by atoms with Gasteiger partial charge in [0, 0.05) is 5.69 Å². The number of alkyl carbamates (subject to hydrolysis) is 1. The average Bonchev–Trinajstić information content (AvgIpc) is 2.56. The maximum atomic E-state index is 11.8. The maximum Gasteiger partial charge on any atom is 0.408 e. The van der Waals surface area contributed by atoms with Gasteiger partial charge >= 0.3 is 6.09 Å². The van der Waals surface area contributed by atoms with Crippen molar-refractivity contribution >= 4 is 17.7 Å². The summed E-state index contributed by atoms with van der Waals surface area (Å²) in [7, 11) is 0. The van der Waals surface area contributed by atoms with Crippen molar-refractivity contribution in [1.82, 2.24) is 5.32 Å². The molecule has 6 nitrogen and oxygen atoms in total. The Morgan fingerprint density at radius 3 is 2.12 bits per heavy atom. The van der Waals surface area contributed by atoms with Gasteiger partial charge in [-0.2, -0.15) is 0 Å². The summed E-state index contributed by atoms with van der Waals surface area (Å²) >= 11 is 0. The van der Waals surface area contributed by atoms with Crippen molar-refractivity contribution in [2.24, 2.45) is 0 Å². The van der Waals surface area contributed by atoms with Gasteiger partial charge in [-0.3, -0.25) is 4.79 Å². The van der Waals surface area contributed by atoms with Gasteiger partial charge < -0.3 is 20.5 Å². The highest BCUT2D eigenvalue weighted by molar-refractivity contribution is 5.94. The Balaban J connectivity index is 0. The largest absolute Gasteiger partial charge is 0.444 e. The molecule has 0 heterocycles. The normalized spacial score (nSPS) is 9.73. The minimum atomic E-state index is -0.634. The van der Waals surface area contributed by atoms with E-state index in [0.29, 0.717) is 5.69 Å². The van der Waals surface area contributed by atoms with E-state index in [1.54, 1.807) is 39.0 Å². The fourth-order valence-corrected chi connectivity index (χ4v) is 1.63. The molecule has 0 aliphatic heterocycles. The SMILES string of the molecule is CC.CCC.Cc1cc(CO)ccc1NC(=O)CNC(=O)OC(C)(C)C. The van der Waals surface area contributed by atoms with Crippen LogP contribution in [0.4, 0.5) is 10.5 Å². The number of aliphatic hydroxyl groups is 1. The van der Waals surface area contributed by atoms with Gasteiger partial charge in [0.1, 0.15) is 12.1 Å². The number of carbonyl (C=O) groups is 2. The standard InChI is InChI=1S/C15H22N2O4.C3H8.C2H6/c1-10-7-11(9-18)5-6-12(10)17-13(19)8-16-14(20)21-15(2,3)4;1-3-2;1-2/h5-7,18H,8-9H2,1-4H3,(H,16,20)(H,17,19);3H2,1-2H3;1-2H3. The Morgan fingerprint density at radius 2 is 1.69 bits per heavy atom. The van der Waals surface area contributed by atoms with Crippen molar-refractivity contribution in [3.05, 3.63) is 29.3 Å². The lowest BCUT2D eigenvalue weighted by molar-refractivity contribution is -0.115. The first-order valence-electron chi connectivity index (χ1n) is 9.10. The van der Waals surface area contributed by atoms with Crippen LogP contribution < -0.4 is 10.6 Å². The second-order valence-electron chi connectivity index (χ2n) is 6.42. The number of carbonyl (C=O) groups excluding carboxylic acids is 2. The molecule has 1 aromatic carbocycles. The molecular formula is C20H36N2O4. The van der Waals surface area contributed by atoms with Gasteiger partial charge in [-0.15, -0.1) is 0 Å². The predicted molar refractivity (Wildman–Crippen MR) is 107 cm³/mol. The number of aryl methyl sites for hydroxylation is 1. The number of hydrogen-bond acceptors (Lipinski definition) is 4. The van der Waals surface area contributed by atoms with Crippen molar-refractivity contribution in [2.75, 3.05) is 11.9 Å². The van der Waals surface area contributed by atoms with E-state index in [0.717, 1.165) is 11.1 Å². The van der Waals surface area contributed by atoms with Crippen LogP contribution in [0.25, 0.3) is 0 Å². The van der Waals surface area contributed by atoms with E-state index in [-0.39, 0.29) is 19.1 Å². The third kappa shape index (κ3) is 13.2. The van der Waals surface area contributed by atoms with Gasteiger partial charge in [-0.05, 0) is 44.9 Å². The lowest BCUT2D eigenvalue weighted by Crippen LogP contribution is -2.37. The molecule has 26 heavy (non-hydrogen) atoms. The van der Waals surface area contributed by atoms with Gasteiger partial charge in [0.2, 0.25) is 5.91 Å². The lowest BCUT2D eigenvalue weighted by Gasteiger charge is -2.19. The first-order valence-corrected chi connectivity index (χ1v) is 9.10. The van der Waals surface area contributed by atoms with Crippen LogP contribution in [0, 0.1) is 6.92 Å². The Labute approximate surface area is 158 Å². The zero-order chi connectivity index (χ0) is 20.8. The summed E-state index contributed by atoms with van der Waals surface area (Å²) in [5.74, 6) is -0.347. The number of nitrogens with one attached hydrogen (secondary N) is 2. The number of hydrogen-bond donors (Lipinski definition) is 3. The molecule has 0 saturated carbocycles. The Bertz CT molecular complexity index is 537. The first kappa shape index (κ1) is 26.2. The number of amides is 2. The molecule has 0 spiro atoms. The molecule has 0 unspecified atom stereocenters. The zero-order valence-electron chi connectivity index (χ0n) is 17.5. The smallest absolute Gasteiger partial charge is 0.408 e. The first-order chi connectivity index (χ1) is 12.1. The van der Waals surface area contributed by atoms with Crippen molar-refractivity contribution in [2.45, 2.75) is 74.0 Å². The van der Waals surface area contributed by atoms with Crippen LogP contribution in [-0.2, 0) is 16.1 Å². The molecule has 2 amide bonds. The van der Waals surface area contributed by atoms with Crippen molar-refractivity contribution in [3.63, 3.8) is 0 Å². The predicted octanol–water partition coefficient (Wildman–Crippen LogP) is 4.39. The van der Waals surface area contributed by atoms with Crippen molar-refractivity contribution in [3.8, 4) is 0 Å². The molecule has 3 N–H and O–H groups in total. The molecule has 0 atom stereocenters. The summed E-state index contributed by atoms with van der Waals surface area (Å²) in [6.07, 6.45) is 0.616. The number of ether oxygens (including phenoxy) is 1. The molecule has 0 fully saturated rings. The van der Waals surface area contributed by atoms with Crippen LogP contribution in [-0.4, -0.2) is 29.3 Å². The van der Waals surface area contributed by atoms with Crippen LogP contribution in [0.5, 0.6) is 0 Å². The number of rotatable bonds is 4. The van der Waals surface area contributed by atoms with E-state index in [9.17, 15) is 9.59 Å². The fourth-order valence-electron chi connectivity index (χ4n) is 1.63. The molecule has 150 valence electrons. The molecule has 0 radical (unpaired) electrons.